The molecule has 5 rings (SSSR count). The zero-order chi connectivity index (χ0) is 29.3. The fraction of sp³-hybridized carbons (Fsp3) is 0.250. The Morgan fingerprint density at radius 2 is 1.68 bits per heavy atom. The van der Waals surface area contributed by atoms with Gasteiger partial charge in [-0.05, 0) is 37.1 Å². The zero-order valence-electron chi connectivity index (χ0n) is 22.9. The Hall–Kier alpha value is -4.78. The second kappa shape index (κ2) is 11.0. The Balaban J connectivity index is 1.40. The van der Waals surface area contributed by atoms with E-state index >= 15 is 0 Å². The minimum absolute atomic E-state index is 0.0380. The number of amides is 1. The fourth-order valence-electron chi connectivity index (χ4n) is 4.57. The average molecular weight is 577 g/mol. The van der Waals surface area contributed by atoms with Crippen LogP contribution >= 0.6 is 0 Å². The lowest BCUT2D eigenvalue weighted by molar-refractivity contribution is 0.0158. The number of benzene rings is 2. The first kappa shape index (κ1) is 27.8. The van der Waals surface area contributed by atoms with E-state index in [0.29, 0.717) is 5.69 Å². The Kier molecular flexibility index (Phi) is 7.45. The van der Waals surface area contributed by atoms with Crippen LogP contribution in [0.15, 0.2) is 65.8 Å². The molecule has 1 aliphatic heterocycles. The molecule has 12 nitrogen and oxygen atoms in total. The number of nitrogens with one attached hydrogen (secondary N) is 1. The van der Waals surface area contributed by atoms with Crippen molar-refractivity contribution in [3.05, 3.63) is 83.2 Å². The number of carbonyl (C=O) groups excluding carboxylic acids is 2. The van der Waals surface area contributed by atoms with Crippen LogP contribution in [0.2, 0.25) is 0 Å². The number of ether oxygens (including phenoxy) is 2. The van der Waals surface area contributed by atoms with Gasteiger partial charge in [-0.25, -0.2) is 22.9 Å². The molecule has 0 unspecified atom stereocenters. The number of likely N-dealkylation sites (tertiary alicyclic amines) is 1. The number of sulfonamides is 1. The average Bonchev–Trinajstić information content (AvgIpc) is 3.36. The van der Waals surface area contributed by atoms with E-state index in [-0.39, 0.29) is 46.8 Å². The van der Waals surface area contributed by atoms with Gasteiger partial charge >= 0.3 is 5.97 Å². The van der Waals surface area contributed by atoms with Gasteiger partial charge in [0.15, 0.2) is 0 Å². The number of nitrogens with zero attached hydrogens (tertiary/aromatic N) is 5. The maximum Gasteiger partial charge on any atom is 0.338 e. The molecule has 1 N–H and O–H groups in total. The predicted octanol–water partition coefficient (Wildman–Crippen LogP) is 2.98. The van der Waals surface area contributed by atoms with Gasteiger partial charge in [0.2, 0.25) is 11.8 Å². The lowest BCUT2D eigenvalue weighted by atomic mass is 10.00. The van der Waals surface area contributed by atoms with Crippen LogP contribution in [0.4, 0.5) is 5.95 Å². The second-order valence-electron chi connectivity index (χ2n) is 9.62. The van der Waals surface area contributed by atoms with Crippen molar-refractivity contribution >= 4 is 27.8 Å². The van der Waals surface area contributed by atoms with Gasteiger partial charge in [0.1, 0.15) is 11.0 Å². The summed E-state index contributed by atoms with van der Waals surface area (Å²) in [6.07, 6.45) is 2.19. The second-order valence-corrected chi connectivity index (χ2v) is 11.3. The topological polar surface area (TPSA) is 146 Å². The molecule has 1 amide bonds. The fourth-order valence-corrected chi connectivity index (χ4v) is 5.50. The standard InChI is InChI=1S/C28H28N6O6S/c1-17-8-7-9-18(2)25(17)23-12-24(31-28(30-23)32-41(37,38)20-13-29-33(3)16-20)40-19-14-34(15-19)26(35)21-10-5-6-11-22(21)27(36)39-4/h5-13,16,19H,14-15H2,1-4H3,(H,30,31,32). The number of hydrogen-bond acceptors (Lipinski definition) is 9. The maximum absolute atomic E-state index is 13.1. The van der Waals surface area contributed by atoms with Gasteiger partial charge in [0.25, 0.3) is 15.9 Å². The summed E-state index contributed by atoms with van der Waals surface area (Å²) in [7, 11) is -1.14. The highest BCUT2D eigenvalue weighted by molar-refractivity contribution is 7.92. The van der Waals surface area contributed by atoms with E-state index in [0.717, 1.165) is 16.7 Å². The number of esters is 1. The summed E-state index contributed by atoms with van der Waals surface area (Å²) < 4.78 is 40.7. The van der Waals surface area contributed by atoms with Crippen LogP contribution in [0.1, 0.15) is 31.8 Å². The number of methoxy groups -OCH3 is 1. The molecule has 212 valence electrons. The molecule has 0 aliphatic carbocycles. The van der Waals surface area contributed by atoms with Crippen molar-refractivity contribution in [2.75, 3.05) is 24.9 Å². The Morgan fingerprint density at radius 3 is 2.32 bits per heavy atom. The lowest BCUT2D eigenvalue weighted by Gasteiger charge is -2.38. The van der Waals surface area contributed by atoms with Crippen molar-refractivity contribution in [2.24, 2.45) is 7.05 Å². The maximum atomic E-state index is 13.1. The summed E-state index contributed by atoms with van der Waals surface area (Å²) in [5, 5.41) is 3.93. The minimum atomic E-state index is -4.02. The summed E-state index contributed by atoms with van der Waals surface area (Å²) in [6.45, 7) is 4.36. The van der Waals surface area contributed by atoms with Crippen LogP contribution in [0, 0.1) is 13.8 Å². The third-order valence-corrected chi connectivity index (χ3v) is 7.93. The number of anilines is 1. The van der Waals surface area contributed by atoms with Crippen LogP contribution < -0.4 is 9.46 Å². The minimum Gasteiger partial charge on any atom is -0.470 e. The normalized spacial score (nSPS) is 13.4. The molecule has 1 saturated heterocycles. The number of aromatic nitrogens is 4. The lowest BCUT2D eigenvalue weighted by Crippen LogP contribution is -2.56. The third-order valence-electron chi connectivity index (χ3n) is 6.64. The number of aryl methyl sites for hydroxylation is 3. The van der Waals surface area contributed by atoms with Crippen molar-refractivity contribution in [2.45, 2.75) is 24.8 Å². The molecular formula is C28H28N6O6S. The molecule has 4 aromatic rings. The summed E-state index contributed by atoms with van der Waals surface area (Å²) in [5.74, 6) is -0.935. The largest absolute Gasteiger partial charge is 0.470 e. The highest BCUT2D eigenvalue weighted by Crippen LogP contribution is 2.30. The van der Waals surface area contributed by atoms with E-state index in [1.54, 1.807) is 36.2 Å². The first-order valence-electron chi connectivity index (χ1n) is 12.7. The SMILES string of the molecule is COC(=O)c1ccccc1C(=O)N1CC(Oc2cc(-c3c(C)cccc3C)nc(NS(=O)(=O)c3cnn(C)c3)n2)C1. The monoisotopic (exact) mass is 576 g/mol. The molecule has 0 atom stereocenters. The summed E-state index contributed by atoms with van der Waals surface area (Å²) in [4.78, 5) is 35.5. The molecule has 13 heteroatoms. The van der Waals surface area contributed by atoms with Crippen LogP contribution in [-0.2, 0) is 21.8 Å². The van der Waals surface area contributed by atoms with E-state index in [1.165, 1.54) is 30.3 Å². The molecule has 0 bridgehead atoms. The van der Waals surface area contributed by atoms with Crippen molar-refractivity contribution in [1.82, 2.24) is 24.6 Å². The molecule has 0 radical (unpaired) electrons. The number of hydrogen-bond donors (Lipinski definition) is 1. The first-order chi connectivity index (χ1) is 19.6. The quantitative estimate of drug-likeness (QED) is 0.313. The molecule has 41 heavy (non-hydrogen) atoms. The summed E-state index contributed by atoms with van der Waals surface area (Å²) in [5.41, 5.74) is 3.62. The Labute approximate surface area is 237 Å². The van der Waals surface area contributed by atoms with Gasteiger partial charge in [-0.15, -0.1) is 0 Å². The van der Waals surface area contributed by atoms with E-state index in [9.17, 15) is 18.0 Å². The van der Waals surface area contributed by atoms with Gasteiger partial charge < -0.3 is 14.4 Å². The van der Waals surface area contributed by atoms with Crippen LogP contribution in [-0.4, -0.2) is 71.2 Å². The highest BCUT2D eigenvalue weighted by Gasteiger charge is 2.35. The molecule has 1 fully saturated rings. The number of rotatable bonds is 8. The third kappa shape index (κ3) is 5.75. The van der Waals surface area contributed by atoms with E-state index < -0.39 is 22.1 Å². The molecular weight excluding hydrogens is 548 g/mol. The van der Waals surface area contributed by atoms with E-state index in [1.807, 2.05) is 32.0 Å². The van der Waals surface area contributed by atoms with Crippen molar-refractivity contribution in [3.63, 3.8) is 0 Å². The van der Waals surface area contributed by atoms with E-state index in [2.05, 4.69) is 19.8 Å². The highest BCUT2D eigenvalue weighted by atomic mass is 32.2. The smallest absolute Gasteiger partial charge is 0.338 e. The van der Waals surface area contributed by atoms with Crippen molar-refractivity contribution < 1.29 is 27.5 Å². The van der Waals surface area contributed by atoms with Crippen molar-refractivity contribution in [3.8, 4) is 17.1 Å². The number of carbonyl (C=O) groups is 2. The molecule has 0 saturated carbocycles. The predicted molar refractivity (Wildman–Crippen MR) is 149 cm³/mol. The Morgan fingerprint density at radius 1 is 1.00 bits per heavy atom. The van der Waals surface area contributed by atoms with Gasteiger partial charge in [0, 0.05) is 24.9 Å². The van der Waals surface area contributed by atoms with Gasteiger partial charge in [-0.1, -0.05) is 30.3 Å². The molecule has 0 spiro atoms. The van der Waals surface area contributed by atoms with Crippen LogP contribution in [0.5, 0.6) is 5.88 Å². The molecule has 1 aliphatic rings. The van der Waals surface area contributed by atoms with Crippen LogP contribution in [0.25, 0.3) is 11.3 Å². The van der Waals surface area contributed by atoms with Gasteiger partial charge in [-0.2, -0.15) is 10.1 Å². The summed E-state index contributed by atoms with van der Waals surface area (Å²) in [6, 6.07) is 13.9. The summed E-state index contributed by atoms with van der Waals surface area (Å²) >= 11 is 0. The van der Waals surface area contributed by atoms with Crippen molar-refractivity contribution in [1.29, 1.82) is 0 Å². The molecule has 2 aromatic heterocycles. The Bertz CT molecular complexity index is 1730. The van der Waals surface area contributed by atoms with Gasteiger partial charge in [-0.3, -0.25) is 9.48 Å². The van der Waals surface area contributed by atoms with Gasteiger partial charge in [0.05, 0.1) is 43.2 Å². The zero-order valence-corrected chi connectivity index (χ0v) is 23.7. The van der Waals surface area contributed by atoms with E-state index in [4.69, 9.17) is 9.47 Å². The molecule has 3 heterocycles. The first-order valence-corrected chi connectivity index (χ1v) is 14.1. The van der Waals surface area contributed by atoms with Crippen LogP contribution in [0.3, 0.4) is 0 Å². The molecule has 2 aromatic carbocycles.